The molecule has 1 aliphatic rings. The molecule has 0 saturated heterocycles. The van der Waals surface area contributed by atoms with Gasteiger partial charge in [0.1, 0.15) is 0 Å². The highest BCUT2D eigenvalue weighted by Crippen LogP contribution is 2.40. The predicted octanol–water partition coefficient (Wildman–Crippen LogP) is 14.4. The van der Waals surface area contributed by atoms with E-state index in [9.17, 15) is 0 Å². The highest BCUT2D eigenvalue weighted by Gasteiger charge is 2.26. The number of hydrogen-bond donors (Lipinski definition) is 1. The lowest BCUT2D eigenvalue weighted by Gasteiger charge is -2.32. The molecular formula is C43H65N. The molecule has 1 unspecified atom stereocenters. The number of benzene rings is 4. The van der Waals surface area contributed by atoms with Crippen molar-refractivity contribution in [1.82, 2.24) is 0 Å². The average Bonchev–Trinajstić information content (AvgIpc) is 3.57. The van der Waals surface area contributed by atoms with Crippen LogP contribution in [0.3, 0.4) is 0 Å². The van der Waals surface area contributed by atoms with Crippen molar-refractivity contribution in [2.45, 2.75) is 114 Å². The Morgan fingerprint density at radius 1 is 0.773 bits per heavy atom. The summed E-state index contributed by atoms with van der Waals surface area (Å²) in [7, 11) is 0. The molecule has 4 aromatic carbocycles. The molecule has 242 valence electrons. The average molecular weight is 596 g/mol. The fourth-order valence-corrected chi connectivity index (χ4v) is 5.46. The first-order chi connectivity index (χ1) is 21.3. The molecule has 4 aromatic rings. The predicted molar refractivity (Wildman–Crippen MR) is 207 cm³/mol. The zero-order chi connectivity index (χ0) is 33.1. The molecule has 1 heteroatoms. The molecule has 0 saturated carbocycles. The van der Waals surface area contributed by atoms with E-state index in [-0.39, 0.29) is 1.43 Å². The van der Waals surface area contributed by atoms with Gasteiger partial charge in [-0.2, -0.15) is 0 Å². The van der Waals surface area contributed by atoms with Crippen LogP contribution in [0, 0.1) is 5.41 Å². The van der Waals surface area contributed by atoms with Crippen molar-refractivity contribution < 1.29 is 1.43 Å². The fourth-order valence-electron chi connectivity index (χ4n) is 5.46. The zero-order valence-corrected chi connectivity index (χ0v) is 29.9. The quantitative estimate of drug-likeness (QED) is 0.210. The van der Waals surface area contributed by atoms with Gasteiger partial charge < -0.3 is 5.32 Å². The van der Waals surface area contributed by atoms with Crippen LogP contribution < -0.4 is 5.32 Å². The lowest BCUT2D eigenvalue weighted by atomic mass is 9.72. The standard InChI is InChI=1S/C17H24.C16H13N.C5H12.C3H8.C2H6.H2/c1-7-14-11-10-12-16(15(14)8-2)13(4)17(5,6)9-3;1-2-7-13-11(5-1)12-6-3-4-8-14(12)16-15(13)9-10-17-16;1-3-5-4-2;1-3-2;1-2;/h7-8,10-13H,1-2,9H2,3-6H3;1-8,17H,9-10H2;3-5H2,1-2H3;3H2,1-2H3;1-2H3;1H. The van der Waals surface area contributed by atoms with E-state index in [0.717, 1.165) is 13.0 Å². The van der Waals surface area contributed by atoms with Crippen LogP contribution in [0.15, 0.2) is 79.9 Å². The first kappa shape index (κ1) is 38.7. The molecule has 0 spiro atoms. The summed E-state index contributed by atoms with van der Waals surface area (Å²) < 4.78 is 0. The summed E-state index contributed by atoms with van der Waals surface area (Å²) >= 11 is 0. The van der Waals surface area contributed by atoms with Crippen molar-refractivity contribution in [2.24, 2.45) is 5.41 Å². The third-order valence-corrected chi connectivity index (χ3v) is 8.57. The molecule has 0 aromatic heterocycles. The Hall–Kier alpha value is -3.32. The van der Waals surface area contributed by atoms with Crippen LogP contribution in [0.5, 0.6) is 0 Å². The zero-order valence-electron chi connectivity index (χ0n) is 29.9. The van der Waals surface area contributed by atoms with Crippen LogP contribution in [0.25, 0.3) is 33.7 Å². The van der Waals surface area contributed by atoms with Gasteiger partial charge in [0.15, 0.2) is 0 Å². The van der Waals surface area contributed by atoms with Crippen LogP contribution in [0.1, 0.15) is 131 Å². The van der Waals surface area contributed by atoms with Crippen LogP contribution in [0.4, 0.5) is 5.69 Å². The second-order valence-electron chi connectivity index (χ2n) is 12.0. The lowest BCUT2D eigenvalue weighted by molar-refractivity contribution is 0.289. The summed E-state index contributed by atoms with van der Waals surface area (Å²) in [5.74, 6) is 0.514. The molecule has 0 radical (unpaired) electrons. The van der Waals surface area contributed by atoms with E-state index in [1.54, 1.807) is 0 Å². The van der Waals surface area contributed by atoms with Gasteiger partial charge in [0.25, 0.3) is 0 Å². The first-order valence-electron chi connectivity index (χ1n) is 17.3. The summed E-state index contributed by atoms with van der Waals surface area (Å²) in [6, 6.07) is 23.8. The van der Waals surface area contributed by atoms with Crippen molar-refractivity contribution >= 4 is 39.4 Å². The Morgan fingerprint density at radius 3 is 1.77 bits per heavy atom. The molecule has 0 fully saturated rings. The van der Waals surface area contributed by atoms with E-state index >= 15 is 0 Å². The lowest BCUT2D eigenvalue weighted by Crippen LogP contribution is -2.19. The molecule has 0 amide bonds. The van der Waals surface area contributed by atoms with Crippen LogP contribution >= 0.6 is 0 Å². The summed E-state index contributed by atoms with van der Waals surface area (Å²) in [6.07, 6.45) is 11.5. The molecule has 0 bridgehead atoms. The van der Waals surface area contributed by atoms with Crippen molar-refractivity contribution in [2.75, 3.05) is 11.9 Å². The fraction of sp³-hybridized carbons (Fsp3) is 0.442. The summed E-state index contributed by atoms with van der Waals surface area (Å²) in [4.78, 5) is 0. The molecule has 1 N–H and O–H groups in total. The minimum Gasteiger partial charge on any atom is -0.384 e. The molecule has 1 nitrogen and oxygen atoms in total. The van der Waals surface area contributed by atoms with Gasteiger partial charge in [0.2, 0.25) is 0 Å². The minimum absolute atomic E-state index is 0. The van der Waals surface area contributed by atoms with Crippen LogP contribution in [-0.2, 0) is 6.42 Å². The van der Waals surface area contributed by atoms with Crippen molar-refractivity contribution in [3.63, 3.8) is 0 Å². The van der Waals surface area contributed by atoms with E-state index in [0.29, 0.717) is 11.3 Å². The number of unbranched alkanes of at least 4 members (excludes halogenated alkanes) is 2. The third kappa shape index (κ3) is 10.1. The normalized spacial score (nSPS) is 12.0. The van der Waals surface area contributed by atoms with E-state index in [4.69, 9.17) is 0 Å². The maximum absolute atomic E-state index is 3.94. The highest BCUT2D eigenvalue weighted by atomic mass is 14.9. The van der Waals surface area contributed by atoms with Gasteiger partial charge in [0.05, 0.1) is 0 Å². The monoisotopic (exact) mass is 596 g/mol. The summed E-state index contributed by atoms with van der Waals surface area (Å²) in [6.45, 7) is 30.8. The molecule has 1 heterocycles. The van der Waals surface area contributed by atoms with E-state index < -0.39 is 0 Å². The summed E-state index contributed by atoms with van der Waals surface area (Å²) in [5.41, 5.74) is 6.92. The van der Waals surface area contributed by atoms with E-state index in [2.05, 4.69) is 141 Å². The number of rotatable bonds is 7. The topological polar surface area (TPSA) is 12.0 Å². The number of nitrogens with one attached hydrogen (secondary N) is 1. The maximum atomic E-state index is 3.94. The van der Waals surface area contributed by atoms with Crippen LogP contribution in [-0.4, -0.2) is 6.54 Å². The number of fused-ring (bicyclic) bond motifs is 6. The van der Waals surface area contributed by atoms with Crippen molar-refractivity contribution in [3.05, 3.63) is 102 Å². The Bertz CT molecular complexity index is 1350. The van der Waals surface area contributed by atoms with E-state index in [1.165, 1.54) is 81.6 Å². The number of anilines is 1. The summed E-state index contributed by atoms with van der Waals surface area (Å²) in [5, 5.41) is 9.04. The van der Waals surface area contributed by atoms with Gasteiger partial charge in [-0.1, -0.05) is 193 Å². The van der Waals surface area contributed by atoms with E-state index in [1.807, 2.05) is 26.0 Å². The second-order valence-corrected chi connectivity index (χ2v) is 12.0. The molecular weight excluding hydrogens is 530 g/mol. The third-order valence-electron chi connectivity index (χ3n) is 8.57. The molecule has 0 aliphatic carbocycles. The van der Waals surface area contributed by atoms with Gasteiger partial charge in [-0.3, -0.25) is 0 Å². The highest BCUT2D eigenvalue weighted by molar-refractivity contribution is 6.15. The van der Waals surface area contributed by atoms with Gasteiger partial charge >= 0.3 is 0 Å². The minimum atomic E-state index is 0. The molecule has 44 heavy (non-hydrogen) atoms. The van der Waals surface area contributed by atoms with Gasteiger partial charge in [-0.05, 0) is 56.2 Å². The largest absolute Gasteiger partial charge is 0.384 e. The SMILES string of the molecule is C=Cc1cccc(C(C)C(C)(C)CC)c1C=C.CC.CCC.CCCCC.[HH].c1ccc2c(c1)c1c(c3ccccc32)NCC1. The van der Waals surface area contributed by atoms with Crippen molar-refractivity contribution in [1.29, 1.82) is 0 Å². The van der Waals surface area contributed by atoms with Gasteiger partial charge in [-0.15, -0.1) is 0 Å². The first-order valence-corrected chi connectivity index (χ1v) is 17.3. The Kier molecular flexibility index (Phi) is 18.1. The molecule has 1 aliphatic heterocycles. The Labute approximate surface area is 273 Å². The Balaban J connectivity index is 0.000000657. The number of hydrogen-bond acceptors (Lipinski definition) is 1. The van der Waals surface area contributed by atoms with Gasteiger partial charge in [0, 0.05) is 19.0 Å². The second kappa shape index (κ2) is 20.6. The van der Waals surface area contributed by atoms with Crippen molar-refractivity contribution in [3.8, 4) is 0 Å². The van der Waals surface area contributed by atoms with Crippen LogP contribution in [0.2, 0.25) is 0 Å². The smallest absolute Gasteiger partial charge is 0.0459 e. The van der Waals surface area contributed by atoms with Gasteiger partial charge in [-0.25, -0.2) is 0 Å². The molecule has 1 atom stereocenters. The Morgan fingerprint density at radius 2 is 1.30 bits per heavy atom. The maximum Gasteiger partial charge on any atom is 0.0459 e. The molecule has 5 rings (SSSR count).